The van der Waals surface area contributed by atoms with Crippen molar-refractivity contribution in [3.63, 3.8) is 0 Å². The maximum absolute atomic E-state index is 11.6. The van der Waals surface area contributed by atoms with E-state index in [1.807, 2.05) is 24.3 Å². The van der Waals surface area contributed by atoms with Gasteiger partial charge in [0.1, 0.15) is 0 Å². The Morgan fingerprint density at radius 3 is 2.57 bits per heavy atom. The van der Waals surface area contributed by atoms with Crippen LogP contribution in [-0.4, -0.2) is 12.6 Å². The fraction of sp³-hybridized carbons (Fsp3) is 0.235. The molecule has 3 nitrogen and oxygen atoms in total. The molecule has 0 heterocycles. The van der Waals surface area contributed by atoms with Crippen molar-refractivity contribution in [3.05, 3.63) is 64.1 Å². The lowest BCUT2D eigenvalue weighted by atomic mass is 10.1. The highest BCUT2D eigenvalue weighted by Crippen LogP contribution is 2.22. The molecule has 1 atom stereocenters. The summed E-state index contributed by atoms with van der Waals surface area (Å²) in [7, 11) is 0. The van der Waals surface area contributed by atoms with Crippen molar-refractivity contribution in [2.24, 2.45) is 0 Å². The second kappa shape index (κ2) is 7.27. The van der Waals surface area contributed by atoms with Crippen molar-refractivity contribution in [3.8, 4) is 0 Å². The summed E-state index contributed by atoms with van der Waals surface area (Å²) < 4.78 is 6.03. The van der Waals surface area contributed by atoms with Gasteiger partial charge < -0.3 is 10.1 Å². The molecule has 2 aromatic carbocycles. The van der Waals surface area contributed by atoms with Crippen molar-refractivity contribution >= 4 is 27.6 Å². The highest BCUT2D eigenvalue weighted by Gasteiger charge is 2.08. The van der Waals surface area contributed by atoms with Crippen LogP contribution in [0.4, 0.5) is 5.69 Å². The molecule has 0 spiro atoms. The number of ether oxygens (including phenoxy) is 1. The largest absolute Gasteiger partial charge is 0.462 e. The van der Waals surface area contributed by atoms with E-state index in [9.17, 15) is 4.79 Å². The molecule has 0 aliphatic rings. The number of nitrogens with one attached hydrogen (secondary N) is 1. The SMILES string of the molecule is CCOC(=O)c1ccc(N[C@@H](C)c2cccc(Br)c2)cc1. The van der Waals surface area contributed by atoms with E-state index in [0.717, 1.165) is 10.2 Å². The van der Waals surface area contributed by atoms with Crippen LogP contribution in [0, 0.1) is 0 Å². The van der Waals surface area contributed by atoms with Crippen molar-refractivity contribution in [2.45, 2.75) is 19.9 Å². The zero-order chi connectivity index (χ0) is 15.2. The van der Waals surface area contributed by atoms with Crippen LogP contribution in [0.15, 0.2) is 53.0 Å². The molecule has 0 amide bonds. The van der Waals surface area contributed by atoms with Crippen LogP contribution in [0.3, 0.4) is 0 Å². The van der Waals surface area contributed by atoms with Crippen LogP contribution < -0.4 is 5.32 Å². The van der Waals surface area contributed by atoms with Gasteiger partial charge in [0.25, 0.3) is 0 Å². The number of hydrogen-bond acceptors (Lipinski definition) is 3. The number of halogens is 1. The van der Waals surface area contributed by atoms with Gasteiger partial charge >= 0.3 is 5.97 Å². The number of anilines is 1. The quantitative estimate of drug-likeness (QED) is 0.789. The maximum Gasteiger partial charge on any atom is 0.338 e. The minimum Gasteiger partial charge on any atom is -0.462 e. The van der Waals surface area contributed by atoms with E-state index in [-0.39, 0.29) is 12.0 Å². The third kappa shape index (κ3) is 4.33. The molecule has 0 radical (unpaired) electrons. The summed E-state index contributed by atoms with van der Waals surface area (Å²) in [6, 6.07) is 15.7. The van der Waals surface area contributed by atoms with Crippen LogP contribution >= 0.6 is 15.9 Å². The molecule has 21 heavy (non-hydrogen) atoms. The highest BCUT2D eigenvalue weighted by molar-refractivity contribution is 9.10. The molecule has 0 aromatic heterocycles. The zero-order valence-electron chi connectivity index (χ0n) is 12.1. The molecule has 0 aliphatic heterocycles. The van der Waals surface area contributed by atoms with Gasteiger partial charge in [-0.25, -0.2) is 4.79 Å². The summed E-state index contributed by atoms with van der Waals surface area (Å²) in [6.45, 7) is 4.29. The van der Waals surface area contributed by atoms with Gasteiger partial charge in [-0.15, -0.1) is 0 Å². The molecule has 0 saturated heterocycles. The molecule has 4 heteroatoms. The Morgan fingerprint density at radius 2 is 1.95 bits per heavy atom. The van der Waals surface area contributed by atoms with E-state index >= 15 is 0 Å². The number of benzene rings is 2. The van der Waals surface area contributed by atoms with E-state index in [2.05, 4.69) is 40.3 Å². The fourth-order valence-corrected chi connectivity index (χ4v) is 2.44. The van der Waals surface area contributed by atoms with Gasteiger partial charge in [-0.1, -0.05) is 28.1 Å². The van der Waals surface area contributed by atoms with Crippen LogP contribution in [-0.2, 0) is 4.74 Å². The maximum atomic E-state index is 11.6. The summed E-state index contributed by atoms with van der Waals surface area (Å²) in [5.41, 5.74) is 2.73. The summed E-state index contributed by atoms with van der Waals surface area (Å²) in [4.78, 5) is 11.6. The van der Waals surface area contributed by atoms with E-state index < -0.39 is 0 Å². The lowest BCUT2D eigenvalue weighted by Crippen LogP contribution is -2.08. The van der Waals surface area contributed by atoms with Gasteiger partial charge in [-0.05, 0) is 55.8 Å². The molecule has 2 rings (SSSR count). The number of carbonyl (C=O) groups is 1. The Labute approximate surface area is 133 Å². The van der Waals surface area contributed by atoms with Crippen LogP contribution in [0.2, 0.25) is 0 Å². The molecular weight excluding hydrogens is 330 g/mol. The van der Waals surface area contributed by atoms with E-state index in [1.54, 1.807) is 19.1 Å². The van der Waals surface area contributed by atoms with Crippen LogP contribution in [0.25, 0.3) is 0 Å². The molecule has 0 bridgehead atoms. The Hall–Kier alpha value is -1.81. The molecule has 2 aromatic rings. The van der Waals surface area contributed by atoms with Gasteiger partial charge in [-0.3, -0.25) is 0 Å². The predicted molar refractivity (Wildman–Crippen MR) is 88.6 cm³/mol. The molecule has 0 aliphatic carbocycles. The third-order valence-corrected chi connectivity index (χ3v) is 3.62. The van der Waals surface area contributed by atoms with E-state index in [4.69, 9.17) is 4.74 Å². The Bertz CT molecular complexity index is 610. The minimum atomic E-state index is -0.288. The lowest BCUT2D eigenvalue weighted by Gasteiger charge is -2.16. The Balaban J connectivity index is 2.04. The topological polar surface area (TPSA) is 38.3 Å². The summed E-state index contributed by atoms with van der Waals surface area (Å²) in [5.74, 6) is -0.288. The summed E-state index contributed by atoms with van der Waals surface area (Å²) in [5, 5.41) is 3.41. The van der Waals surface area contributed by atoms with Gasteiger partial charge in [0.15, 0.2) is 0 Å². The minimum absolute atomic E-state index is 0.177. The monoisotopic (exact) mass is 347 g/mol. The van der Waals surface area contributed by atoms with Crippen LogP contribution in [0.5, 0.6) is 0 Å². The second-order valence-electron chi connectivity index (χ2n) is 4.72. The lowest BCUT2D eigenvalue weighted by molar-refractivity contribution is 0.0526. The Kier molecular flexibility index (Phi) is 5.39. The average molecular weight is 348 g/mol. The van der Waals surface area contributed by atoms with E-state index in [0.29, 0.717) is 12.2 Å². The summed E-state index contributed by atoms with van der Waals surface area (Å²) in [6.07, 6.45) is 0. The van der Waals surface area contributed by atoms with Gasteiger partial charge in [0, 0.05) is 16.2 Å². The number of esters is 1. The standard InChI is InChI=1S/C17H18BrNO2/c1-3-21-17(20)13-7-9-16(10-8-13)19-12(2)14-5-4-6-15(18)11-14/h4-12,19H,3H2,1-2H3/t12-/m0/s1. The Morgan fingerprint density at radius 1 is 1.24 bits per heavy atom. The van der Waals surface area contributed by atoms with Crippen LogP contribution in [0.1, 0.15) is 35.8 Å². The first kappa shape index (κ1) is 15.6. The van der Waals surface area contributed by atoms with Crippen molar-refractivity contribution in [1.82, 2.24) is 0 Å². The highest BCUT2D eigenvalue weighted by atomic mass is 79.9. The van der Waals surface area contributed by atoms with Gasteiger partial charge in [-0.2, -0.15) is 0 Å². The first-order valence-electron chi connectivity index (χ1n) is 6.89. The first-order chi connectivity index (χ1) is 10.1. The van der Waals surface area contributed by atoms with Gasteiger partial charge in [0.2, 0.25) is 0 Å². The number of carbonyl (C=O) groups excluding carboxylic acids is 1. The predicted octanol–water partition coefficient (Wildman–Crippen LogP) is 4.80. The molecule has 110 valence electrons. The molecular formula is C17H18BrNO2. The average Bonchev–Trinajstić information content (AvgIpc) is 2.48. The van der Waals surface area contributed by atoms with Crippen molar-refractivity contribution in [2.75, 3.05) is 11.9 Å². The molecule has 1 N–H and O–H groups in total. The van der Waals surface area contributed by atoms with Gasteiger partial charge in [0.05, 0.1) is 12.2 Å². The molecule has 0 fully saturated rings. The smallest absolute Gasteiger partial charge is 0.338 e. The zero-order valence-corrected chi connectivity index (χ0v) is 13.7. The second-order valence-corrected chi connectivity index (χ2v) is 5.63. The van der Waals surface area contributed by atoms with E-state index in [1.165, 1.54) is 5.56 Å². The summed E-state index contributed by atoms with van der Waals surface area (Å²) >= 11 is 3.48. The molecule has 0 saturated carbocycles. The number of hydrogen-bond donors (Lipinski definition) is 1. The first-order valence-corrected chi connectivity index (χ1v) is 7.68. The third-order valence-electron chi connectivity index (χ3n) is 3.13. The van der Waals surface area contributed by atoms with Crippen molar-refractivity contribution in [1.29, 1.82) is 0 Å². The normalized spacial score (nSPS) is 11.8. The van der Waals surface area contributed by atoms with Crippen molar-refractivity contribution < 1.29 is 9.53 Å². The number of rotatable bonds is 5. The molecule has 0 unspecified atom stereocenters. The fourth-order valence-electron chi connectivity index (χ4n) is 2.03.